The van der Waals surface area contributed by atoms with E-state index in [2.05, 4.69) is 5.32 Å². The molecule has 0 spiro atoms. The van der Waals surface area contributed by atoms with Crippen molar-refractivity contribution < 1.29 is 26.2 Å². The fourth-order valence-corrected chi connectivity index (χ4v) is 2.30. The number of aliphatic hydroxyl groups excluding tert-OH is 1. The van der Waals surface area contributed by atoms with Gasteiger partial charge in [-0.15, -0.1) is 6.54 Å². The van der Waals surface area contributed by atoms with Crippen molar-refractivity contribution >= 4 is 0 Å². The third-order valence-corrected chi connectivity index (χ3v) is 3.26. The van der Waals surface area contributed by atoms with Crippen LogP contribution in [0, 0.1) is 19.3 Å². The molecule has 0 aromatic heterocycles. The molecule has 1 aliphatic rings. The number of rotatable bonds is 5. The summed E-state index contributed by atoms with van der Waals surface area (Å²) in [5.74, 6) is 1.72. The standard InChI is InChI=1S/C11H22NO.CH3.W/c1-12-8-6-10-2-4-11(5-3-10)7-9-13;;/h10-11,13H,2-9H2,1H3;1H3;/q2*-1;+2. The molecule has 0 heterocycles. The molecule has 0 atom stereocenters. The summed E-state index contributed by atoms with van der Waals surface area (Å²) in [6.07, 6.45) is 7.68. The summed E-state index contributed by atoms with van der Waals surface area (Å²) in [7, 11) is 1.90. The van der Waals surface area contributed by atoms with E-state index in [1.54, 1.807) is 0 Å². The number of hydrogen-bond acceptors (Lipinski definition) is 1. The van der Waals surface area contributed by atoms with E-state index in [-0.39, 0.29) is 28.5 Å². The second kappa shape index (κ2) is 11.1. The van der Waals surface area contributed by atoms with Gasteiger partial charge in [-0.2, -0.15) is 7.05 Å². The molecule has 0 unspecified atom stereocenters. The van der Waals surface area contributed by atoms with Gasteiger partial charge in [0.1, 0.15) is 0 Å². The van der Waals surface area contributed by atoms with Gasteiger partial charge >= 0.3 is 21.1 Å². The van der Waals surface area contributed by atoms with Crippen LogP contribution >= 0.6 is 0 Å². The summed E-state index contributed by atoms with van der Waals surface area (Å²) in [5.41, 5.74) is 0. The fourth-order valence-electron chi connectivity index (χ4n) is 2.30. The SMILES string of the molecule is C[N-]CCC1CCC(CCO)CC1.[CH3-].[W+2]. The number of aliphatic hydroxyl groups is 1. The summed E-state index contributed by atoms with van der Waals surface area (Å²) in [4.78, 5) is 0. The average Bonchev–Trinajstić information content (AvgIpc) is 2.17. The Labute approximate surface area is 109 Å². The van der Waals surface area contributed by atoms with Crippen molar-refractivity contribution in [3.8, 4) is 0 Å². The second-order valence-electron chi connectivity index (χ2n) is 4.23. The van der Waals surface area contributed by atoms with E-state index in [1.165, 1.54) is 32.1 Å². The summed E-state index contributed by atoms with van der Waals surface area (Å²) >= 11 is 0. The monoisotopic (exact) mass is 383 g/mol. The Bertz CT molecular complexity index is 125. The summed E-state index contributed by atoms with van der Waals surface area (Å²) < 4.78 is 0. The minimum absolute atomic E-state index is 0. The minimum Gasteiger partial charge on any atom is -0.665 e. The van der Waals surface area contributed by atoms with Crippen LogP contribution in [0.1, 0.15) is 38.5 Å². The van der Waals surface area contributed by atoms with Crippen LogP contribution < -0.4 is 0 Å². The van der Waals surface area contributed by atoms with E-state index in [0.29, 0.717) is 6.61 Å². The second-order valence-corrected chi connectivity index (χ2v) is 4.23. The van der Waals surface area contributed by atoms with E-state index in [0.717, 1.165) is 24.8 Å². The van der Waals surface area contributed by atoms with Crippen molar-refractivity contribution in [1.29, 1.82) is 0 Å². The third kappa shape index (κ3) is 7.49. The van der Waals surface area contributed by atoms with Crippen molar-refractivity contribution in [1.82, 2.24) is 0 Å². The van der Waals surface area contributed by atoms with E-state index in [4.69, 9.17) is 5.11 Å². The first-order chi connectivity index (χ1) is 6.36. The predicted octanol–water partition coefficient (Wildman–Crippen LogP) is 3.02. The molecule has 0 radical (unpaired) electrons. The van der Waals surface area contributed by atoms with Gasteiger partial charge in [-0.05, 0) is 18.3 Å². The van der Waals surface area contributed by atoms with E-state index < -0.39 is 0 Å². The fraction of sp³-hybridized carbons (Fsp3) is 0.917. The van der Waals surface area contributed by atoms with Crippen molar-refractivity contribution in [2.45, 2.75) is 38.5 Å². The largest absolute Gasteiger partial charge is 2.00 e. The Kier molecular flexibility index (Phi) is 13.3. The molecule has 0 bridgehead atoms. The average molecular weight is 383 g/mol. The van der Waals surface area contributed by atoms with Crippen molar-refractivity contribution in [2.24, 2.45) is 11.8 Å². The Morgan fingerprint density at radius 2 is 1.53 bits per heavy atom. The van der Waals surface area contributed by atoms with Gasteiger partial charge in [0.15, 0.2) is 0 Å². The van der Waals surface area contributed by atoms with E-state index in [1.807, 2.05) is 7.05 Å². The van der Waals surface area contributed by atoms with Crippen LogP contribution in [0.15, 0.2) is 0 Å². The Morgan fingerprint density at radius 1 is 1.07 bits per heavy atom. The molecule has 1 N–H and O–H groups in total. The van der Waals surface area contributed by atoms with Crippen molar-refractivity contribution in [3.05, 3.63) is 12.7 Å². The maximum Gasteiger partial charge on any atom is 2.00 e. The molecule has 1 aliphatic carbocycles. The maximum absolute atomic E-state index is 8.81. The topological polar surface area (TPSA) is 34.3 Å². The smallest absolute Gasteiger partial charge is 0.665 e. The number of hydrogen-bond donors (Lipinski definition) is 1. The Balaban J connectivity index is 0. The minimum atomic E-state index is 0. The molecule has 0 aliphatic heterocycles. The van der Waals surface area contributed by atoms with Crippen LogP contribution in [0.5, 0.6) is 0 Å². The molecule has 0 saturated heterocycles. The van der Waals surface area contributed by atoms with Gasteiger partial charge in [0.05, 0.1) is 0 Å². The Hall–Kier alpha value is 0.608. The summed E-state index contributed by atoms with van der Waals surface area (Å²) in [6, 6.07) is 0. The molecular formula is C12H25NOW. The molecule has 1 saturated carbocycles. The molecule has 0 amide bonds. The first-order valence-corrected chi connectivity index (χ1v) is 5.53. The van der Waals surface area contributed by atoms with Gasteiger partial charge in [0.25, 0.3) is 0 Å². The first kappa shape index (κ1) is 18.0. The predicted molar refractivity (Wildman–Crippen MR) is 62.3 cm³/mol. The molecule has 0 aromatic rings. The van der Waals surface area contributed by atoms with E-state index in [9.17, 15) is 0 Å². The molecule has 0 aromatic carbocycles. The normalized spacial score (nSPS) is 25.2. The van der Waals surface area contributed by atoms with Crippen LogP contribution in [0.25, 0.3) is 5.32 Å². The van der Waals surface area contributed by atoms with Gasteiger partial charge in [-0.3, -0.25) is 0 Å². The van der Waals surface area contributed by atoms with Gasteiger partial charge in [-0.25, -0.2) is 0 Å². The van der Waals surface area contributed by atoms with Gasteiger partial charge in [0.2, 0.25) is 0 Å². The molecule has 15 heavy (non-hydrogen) atoms. The van der Waals surface area contributed by atoms with Crippen LogP contribution in [0.4, 0.5) is 0 Å². The maximum atomic E-state index is 8.81. The summed E-state index contributed by atoms with van der Waals surface area (Å²) in [5, 5.41) is 13.0. The molecule has 3 heteroatoms. The first-order valence-electron chi connectivity index (χ1n) is 5.53. The Morgan fingerprint density at radius 3 is 1.93 bits per heavy atom. The van der Waals surface area contributed by atoms with E-state index >= 15 is 0 Å². The molecule has 90 valence electrons. The van der Waals surface area contributed by atoms with Crippen LogP contribution in [0.2, 0.25) is 0 Å². The molecule has 1 fully saturated rings. The molecule has 2 nitrogen and oxygen atoms in total. The van der Waals surface area contributed by atoms with Crippen LogP contribution in [0.3, 0.4) is 0 Å². The zero-order valence-corrected chi connectivity index (χ0v) is 13.0. The van der Waals surface area contributed by atoms with Crippen molar-refractivity contribution in [3.63, 3.8) is 0 Å². The zero-order chi connectivity index (χ0) is 9.52. The summed E-state index contributed by atoms with van der Waals surface area (Å²) in [6.45, 7) is 1.41. The quantitative estimate of drug-likeness (QED) is 0.728. The van der Waals surface area contributed by atoms with Gasteiger partial charge in [-0.1, -0.05) is 32.1 Å². The molecular weight excluding hydrogens is 358 g/mol. The zero-order valence-electron chi connectivity index (χ0n) is 10.1. The number of nitrogens with zero attached hydrogens (tertiary/aromatic N) is 1. The van der Waals surface area contributed by atoms with Crippen molar-refractivity contribution in [2.75, 3.05) is 20.2 Å². The third-order valence-electron chi connectivity index (χ3n) is 3.26. The van der Waals surface area contributed by atoms with Crippen LogP contribution in [-0.2, 0) is 21.1 Å². The van der Waals surface area contributed by atoms with Gasteiger partial charge in [0, 0.05) is 6.61 Å². The van der Waals surface area contributed by atoms with Crippen LogP contribution in [-0.4, -0.2) is 25.3 Å². The molecule has 1 rings (SSSR count). The van der Waals surface area contributed by atoms with Gasteiger partial charge < -0.3 is 17.8 Å².